The van der Waals surface area contributed by atoms with E-state index in [0.29, 0.717) is 17.1 Å². The second-order valence-electron chi connectivity index (χ2n) is 3.94. The van der Waals surface area contributed by atoms with Crippen molar-refractivity contribution in [1.82, 2.24) is 0 Å². The van der Waals surface area contributed by atoms with Gasteiger partial charge in [-0.1, -0.05) is 0 Å². The van der Waals surface area contributed by atoms with Crippen molar-refractivity contribution in [1.29, 1.82) is 0 Å². The minimum atomic E-state index is -3.48. The molecule has 1 aliphatic heterocycles. The van der Waals surface area contributed by atoms with Crippen LogP contribution < -0.4 is 9.47 Å². The molecule has 1 aliphatic rings. The van der Waals surface area contributed by atoms with Gasteiger partial charge in [-0.05, 0) is 13.0 Å². The third kappa shape index (κ3) is 1.59. The first-order chi connectivity index (χ1) is 7.93. The number of sulfone groups is 1. The van der Waals surface area contributed by atoms with Crippen LogP contribution in [0, 0.1) is 0 Å². The van der Waals surface area contributed by atoms with Crippen LogP contribution in [-0.4, -0.2) is 33.0 Å². The Labute approximate surface area is 99.9 Å². The summed E-state index contributed by atoms with van der Waals surface area (Å²) in [5, 5.41) is 9.05. The molecule has 0 saturated heterocycles. The molecule has 0 bridgehead atoms. The van der Waals surface area contributed by atoms with Gasteiger partial charge in [0.2, 0.25) is 0 Å². The van der Waals surface area contributed by atoms with Gasteiger partial charge < -0.3 is 14.6 Å². The molecular formula is C11H14O5S. The lowest BCUT2D eigenvalue weighted by Gasteiger charge is -2.10. The van der Waals surface area contributed by atoms with E-state index in [4.69, 9.17) is 9.47 Å². The zero-order valence-corrected chi connectivity index (χ0v) is 10.6. The Hall–Kier alpha value is -1.27. The van der Waals surface area contributed by atoms with Crippen molar-refractivity contribution in [3.05, 3.63) is 17.7 Å². The van der Waals surface area contributed by atoms with Gasteiger partial charge in [-0.3, -0.25) is 0 Å². The normalized spacial score (nSPS) is 25.4. The fourth-order valence-corrected chi connectivity index (χ4v) is 3.64. The molecule has 0 amide bonds. The largest absolute Gasteiger partial charge is 0.493 e. The molecule has 2 rings (SSSR count). The Balaban J connectivity index is 2.72. The number of aliphatic hydroxyl groups is 1. The van der Waals surface area contributed by atoms with Crippen molar-refractivity contribution in [2.45, 2.75) is 23.2 Å². The van der Waals surface area contributed by atoms with E-state index >= 15 is 0 Å². The van der Waals surface area contributed by atoms with Gasteiger partial charge in [-0.25, -0.2) is 8.42 Å². The third-order valence-corrected chi connectivity index (χ3v) is 5.28. The molecule has 2 unspecified atom stereocenters. The summed E-state index contributed by atoms with van der Waals surface area (Å²) in [6, 6.07) is 2.91. The molecule has 0 saturated carbocycles. The van der Waals surface area contributed by atoms with Crippen molar-refractivity contribution in [2.75, 3.05) is 14.2 Å². The molecule has 17 heavy (non-hydrogen) atoms. The minimum Gasteiger partial charge on any atom is -0.493 e. The standard InChI is InChI=1S/C11H14O5S/c1-6-11(12)7-4-8(15-2)9(16-3)5-10(7)17(6,13)14/h4-6,11-12H,1-3H3. The monoisotopic (exact) mass is 258 g/mol. The zero-order chi connectivity index (χ0) is 12.8. The van der Waals surface area contributed by atoms with Crippen LogP contribution in [0.4, 0.5) is 0 Å². The molecule has 1 aromatic carbocycles. The number of rotatable bonds is 2. The lowest BCUT2D eigenvalue weighted by atomic mass is 10.1. The van der Waals surface area contributed by atoms with Gasteiger partial charge in [-0.2, -0.15) is 0 Å². The Bertz CT molecular complexity index is 549. The average molecular weight is 258 g/mol. The Morgan fingerprint density at radius 1 is 1.18 bits per heavy atom. The van der Waals surface area contributed by atoms with Crippen molar-refractivity contribution in [3.63, 3.8) is 0 Å². The van der Waals surface area contributed by atoms with E-state index in [2.05, 4.69) is 0 Å². The van der Waals surface area contributed by atoms with E-state index in [1.807, 2.05) is 0 Å². The van der Waals surface area contributed by atoms with Crippen LogP contribution in [0.3, 0.4) is 0 Å². The summed E-state index contributed by atoms with van der Waals surface area (Å²) in [6.07, 6.45) is -1.02. The molecule has 1 N–H and O–H groups in total. The number of fused-ring (bicyclic) bond motifs is 1. The molecule has 6 heteroatoms. The van der Waals surface area contributed by atoms with E-state index in [-0.39, 0.29) is 4.90 Å². The quantitative estimate of drug-likeness (QED) is 0.853. The highest BCUT2D eigenvalue weighted by atomic mass is 32.2. The van der Waals surface area contributed by atoms with E-state index in [0.717, 1.165) is 0 Å². The van der Waals surface area contributed by atoms with Crippen molar-refractivity contribution >= 4 is 9.84 Å². The van der Waals surface area contributed by atoms with Crippen LogP contribution in [0.1, 0.15) is 18.6 Å². The maximum atomic E-state index is 12.0. The Morgan fingerprint density at radius 3 is 2.24 bits per heavy atom. The first kappa shape index (κ1) is 12.2. The molecule has 94 valence electrons. The van der Waals surface area contributed by atoms with Gasteiger partial charge in [-0.15, -0.1) is 0 Å². The molecule has 2 atom stereocenters. The fraction of sp³-hybridized carbons (Fsp3) is 0.455. The number of hydrogen-bond acceptors (Lipinski definition) is 5. The molecule has 5 nitrogen and oxygen atoms in total. The maximum Gasteiger partial charge on any atom is 0.184 e. The van der Waals surface area contributed by atoms with Gasteiger partial charge in [0.05, 0.1) is 30.5 Å². The number of ether oxygens (including phenoxy) is 2. The molecular weight excluding hydrogens is 244 g/mol. The van der Waals surface area contributed by atoms with Crippen LogP contribution in [0.15, 0.2) is 17.0 Å². The molecule has 0 spiro atoms. The lowest BCUT2D eigenvalue weighted by molar-refractivity contribution is 0.179. The predicted octanol–water partition coefficient (Wildman–Crippen LogP) is 0.913. The number of hydrogen-bond donors (Lipinski definition) is 1. The van der Waals surface area contributed by atoms with Gasteiger partial charge in [0.25, 0.3) is 0 Å². The van der Waals surface area contributed by atoms with Crippen LogP contribution in [-0.2, 0) is 9.84 Å². The number of benzene rings is 1. The summed E-state index contributed by atoms with van der Waals surface area (Å²) in [4.78, 5) is 0.121. The van der Waals surface area contributed by atoms with Gasteiger partial charge in [0.1, 0.15) is 0 Å². The van der Waals surface area contributed by atoms with Gasteiger partial charge >= 0.3 is 0 Å². The topological polar surface area (TPSA) is 72.8 Å². The average Bonchev–Trinajstić information content (AvgIpc) is 2.49. The van der Waals surface area contributed by atoms with E-state index in [1.165, 1.54) is 33.3 Å². The molecule has 1 heterocycles. The molecule has 0 aromatic heterocycles. The van der Waals surface area contributed by atoms with Gasteiger partial charge in [0.15, 0.2) is 21.3 Å². The summed E-state index contributed by atoms with van der Waals surface area (Å²) in [5.74, 6) is 0.755. The van der Waals surface area contributed by atoms with Crippen molar-refractivity contribution < 1.29 is 23.0 Å². The molecule has 0 aliphatic carbocycles. The Kier molecular flexibility index (Phi) is 2.79. The Morgan fingerprint density at radius 2 is 1.71 bits per heavy atom. The van der Waals surface area contributed by atoms with Crippen LogP contribution in [0.25, 0.3) is 0 Å². The lowest BCUT2D eigenvalue weighted by Crippen LogP contribution is -2.16. The molecule has 0 radical (unpaired) electrons. The van der Waals surface area contributed by atoms with E-state index in [9.17, 15) is 13.5 Å². The van der Waals surface area contributed by atoms with Crippen molar-refractivity contribution in [2.24, 2.45) is 0 Å². The molecule has 1 aromatic rings. The summed E-state index contributed by atoms with van der Waals surface area (Å²) in [6.45, 7) is 1.49. The van der Waals surface area contributed by atoms with E-state index in [1.54, 1.807) is 0 Å². The SMILES string of the molecule is COc1cc2c(cc1OC)S(=O)(=O)C(C)C2O. The predicted molar refractivity (Wildman–Crippen MR) is 61.2 cm³/mol. The first-order valence-corrected chi connectivity index (χ1v) is 6.66. The first-order valence-electron chi connectivity index (χ1n) is 5.11. The molecule has 0 fully saturated rings. The second kappa shape index (κ2) is 3.89. The summed E-state index contributed by atoms with van der Waals surface area (Å²) in [5.41, 5.74) is 0.371. The van der Waals surface area contributed by atoms with Crippen LogP contribution >= 0.6 is 0 Å². The maximum absolute atomic E-state index is 12.0. The van der Waals surface area contributed by atoms with Crippen LogP contribution in [0.5, 0.6) is 11.5 Å². The fourth-order valence-electron chi connectivity index (χ4n) is 1.98. The number of methoxy groups -OCH3 is 2. The third-order valence-electron chi connectivity index (χ3n) is 3.08. The zero-order valence-electron chi connectivity index (χ0n) is 9.80. The smallest absolute Gasteiger partial charge is 0.184 e. The minimum absolute atomic E-state index is 0.121. The highest BCUT2D eigenvalue weighted by Gasteiger charge is 2.42. The van der Waals surface area contributed by atoms with Crippen LogP contribution in [0.2, 0.25) is 0 Å². The summed E-state index contributed by atoms with van der Waals surface area (Å²) in [7, 11) is -0.579. The highest BCUT2D eigenvalue weighted by Crippen LogP contribution is 2.44. The summed E-state index contributed by atoms with van der Waals surface area (Å²) >= 11 is 0. The van der Waals surface area contributed by atoms with Crippen molar-refractivity contribution in [3.8, 4) is 11.5 Å². The van der Waals surface area contributed by atoms with E-state index < -0.39 is 21.2 Å². The highest BCUT2D eigenvalue weighted by molar-refractivity contribution is 7.92. The van der Waals surface area contributed by atoms with Gasteiger partial charge in [0, 0.05) is 11.6 Å². The summed E-state index contributed by atoms with van der Waals surface area (Å²) < 4.78 is 34.1. The second-order valence-corrected chi connectivity index (χ2v) is 6.21. The number of aliphatic hydroxyl groups excluding tert-OH is 1.